The van der Waals surface area contributed by atoms with Gasteiger partial charge < -0.3 is 25.2 Å². The highest BCUT2D eigenvalue weighted by Gasteiger charge is 2.26. The lowest BCUT2D eigenvalue weighted by Crippen LogP contribution is -2.47. The first-order chi connectivity index (χ1) is 16.9. The van der Waals surface area contributed by atoms with Gasteiger partial charge in [-0.05, 0) is 70.4 Å². The summed E-state index contributed by atoms with van der Waals surface area (Å²) in [5.74, 6) is 2.87. The minimum Gasteiger partial charge on any atom is -0.493 e. The Morgan fingerprint density at radius 2 is 1.86 bits per heavy atom. The molecular formula is C27H44N4O4. The molecule has 8 nitrogen and oxygen atoms in total. The van der Waals surface area contributed by atoms with Crippen LogP contribution in [0.25, 0.3) is 0 Å². The van der Waals surface area contributed by atoms with Crippen molar-refractivity contribution >= 4 is 11.9 Å². The van der Waals surface area contributed by atoms with Gasteiger partial charge in [-0.1, -0.05) is 19.3 Å². The van der Waals surface area contributed by atoms with Gasteiger partial charge in [0.05, 0.1) is 12.2 Å². The first-order valence-electron chi connectivity index (χ1n) is 13.7. The number of piperazine rings is 1. The highest BCUT2D eigenvalue weighted by molar-refractivity contribution is 5.64. The van der Waals surface area contributed by atoms with E-state index in [2.05, 4.69) is 20.1 Å². The second kappa shape index (κ2) is 12.3. The average molecular weight is 489 g/mol. The normalized spacial score (nSPS) is 26.2. The number of amides is 1. The minimum absolute atomic E-state index is 0.159. The van der Waals surface area contributed by atoms with E-state index in [1.807, 2.05) is 19.2 Å². The zero-order valence-corrected chi connectivity index (χ0v) is 21.4. The van der Waals surface area contributed by atoms with Crippen molar-refractivity contribution in [3.05, 3.63) is 17.8 Å². The third kappa shape index (κ3) is 7.71. The predicted octanol–water partition coefficient (Wildman–Crippen LogP) is 4.06. The molecule has 1 aromatic heterocycles. The van der Waals surface area contributed by atoms with Crippen LogP contribution in [0, 0.1) is 5.92 Å². The number of rotatable bonds is 5. The number of fused-ring (bicyclic) bond motifs is 1. The molecule has 1 amide bonds. The molecule has 1 aromatic rings. The maximum atomic E-state index is 10.7. The van der Waals surface area contributed by atoms with Gasteiger partial charge in [0.15, 0.2) is 0 Å². The molecule has 3 N–H and O–H groups in total. The van der Waals surface area contributed by atoms with E-state index in [1.54, 1.807) is 0 Å². The first-order valence-corrected chi connectivity index (χ1v) is 13.7. The molecule has 2 aliphatic heterocycles. The molecule has 0 radical (unpaired) electrons. The van der Waals surface area contributed by atoms with Crippen LogP contribution in [0.15, 0.2) is 12.3 Å². The van der Waals surface area contributed by atoms with Gasteiger partial charge in [0.1, 0.15) is 11.6 Å². The fraction of sp³-hybridized carbons (Fsp3) is 0.778. The van der Waals surface area contributed by atoms with E-state index in [0.29, 0.717) is 0 Å². The Bertz CT molecular complexity index is 809. The van der Waals surface area contributed by atoms with Crippen LogP contribution in [0.5, 0.6) is 5.75 Å². The SMILES string of the molecule is CC1(O)CCCCC1.O=C(O)N[C@H]1CC[C@@H](CCN2CCN(c3nccc4c3CCO4)CC2)CC1. The third-order valence-corrected chi connectivity index (χ3v) is 8.23. The van der Waals surface area contributed by atoms with E-state index < -0.39 is 6.09 Å². The average Bonchev–Trinajstić information content (AvgIpc) is 3.33. The fourth-order valence-corrected chi connectivity index (χ4v) is 6.00. The Morgan fingerprint density at radius 1 is 1.14 bits per heavy atom. The predicted molar refractivity (Wildman–Crippen MR) is 137 cm³/mol. The van der Waals surface area contributed by atoms with E-state index in [0.717, 1.165) is 102 Å². The van der Waals surface area contributed by atoms with Crippen LogP contribution in [0.4, 0.5) is 10.6 Å². The molecule has 0 atom stereocenters. The van der Waals surface area contributed by atoms with E-state index in [1.165, 1.54) is 31.2 Å². The molecule has 2 saturated carbocycles. The number of nitrogens with zero attached hydrogens (tertiary/aromatic N) is 3. The number of ether oxygens (including phenoxy) is 1. The van der Waals surface area contributed by atoms with Crippen LogP contribution in [-0.2, 0) is 6.42 Å². The maximum absolute atomic E-state index is 10.7. The quantitative estimate of drug-likeness (QED) is 0.575. The summed E-state index contributed by atoms with van der Waals surface area (Å²) in [4.78, 5) is 20.3. The zero-order chi connectivity index (χ0) is 24.7. The van der Waals surface area contributed by atoms with E-state index >= 15 is 0 Å². The van der Waals surface area contributed by atoms with E-state index in [-0.39, 0.29) is 11.6 Å². The third-order valence-electron chi connectivity index (χ3n) is 8.23. The van der Waals surface area contributed by atoms with Gasteiger partial charge in [0.2, 0.25) is 0 Å². The lowest BCUT2D eigenvalue weighted by atomic mass is 9.84. The molecule has 3 fully saturated rings. The summed E-state index contributed by atoms with van der Waals surface area (Å²) in [7, 11) is 0. The van der Waals surface area contributed by atoms with Gasteiger partial charge in [-0.25, -0.2) is 9.78 Å². The number of nitrogens with one attached hydrogen (secondary N) is 1. The standard InChI is InChI=1S/C20H30N4O3.C7H14O/c25-20(26)22-16-3-1-15(2-4-16)6-9-23-10-12-24(13-11-23)19-17-7-14-27-18(17)5-8-21-19;1-7(8)5-3-2-4-6-7/h5,8,15-16,22H,1-4,6-7,9-14H2,(H,25,26);8H,2-6H2,1H3/t15-,16+;. The Labute approximate surface area is 210 Å². The summed E-state index contributed by atoms with van der Waals surface area (Å²) in [5.41, 5.74) is 0.954. The molecule has 0 spiro atoms. The van der Waals surface area contributed by atoms with E-state index in [4.69, 9.17) is 9.84 Å². The number of carboxylic acid groups (broad SMARTS) is 1. The molecule has 3 heterocycles. The summed E-state index contributed by atoms with van der Waals surface area (Å²) in [5, 5.41) is 20.8. The Kier molecular flexibility index (Phi) is 9.11. The molecule has 196 valence electrons. The molecule has 0 aromatic carbocycles. The van der Waals surface area contributed by atoms with Crippen LogP contribution >= 0.6 is 0 Å². The van der Waals surface area contributed by atoms with Crippen molar-refractivity contribution in [1.82, 2.24) is 15.2 Å². The summed E-state index contributed by atoms with van der Waals surface area (Å²) < 4.78 is 5.67. The fourth-order valence-electron chi connectivity index (χ4n) is 6.00. The molecule has 2 aliphatic carbocycles. The van der Waals surface area contributed by atoms with Gasteiger partial charge in [-0.3, -0.25) is 4.90 Å². The van der Waals surface area contributed by atoms with Crippen LogP contribution in [0.3, 0.4) is 0 Å². The van der Waals surface area contributed by atoms with Crippen molar-refractivity contribution in [2.24, 2.45) is 5.92 Å². The second-order valence-electron chi connectivity index (χ2n) is 11.1. The van der Waals surface area contributed by atoms with Crippen molar-refractivity contribution in [2.45, 2.75) is 89.2 Å². The molecule has 8 heteroatoms. The van der Waals surface area contributed by atoms with Crippen LogP contribution in [0.1, 0.15) is 76.7 Å². The van der Waals surface area contributed by atoms with Crippen LogP contribution in [-0.4, -0.2) is 77.2 Å². The van der Waals surface area contributed by atoms with Crippen LogP contribution < -0.4 is 15.0 Å². The molecule has 0 unspecified atom stereocenters. The minimum atomic E-state index is -0.888. The number of aliphatic hydroxyl groups is 1. The molecule has 5 rings (SSSR count). The molecule has 35 heavy (non-hydrogen) atoms. The lowest BCUT2D eigenvalue weighted by Gasteiger charge is -2.37. The van der Waals surface area contributed by atoms with Crippen molar-refractivity contribution in [3.63, 3.8) is 0 Å². The number of aromatic nitrogens is 1. The summed E-state index contributed by atoms with van der Waals surface area (Å²) >= 11 is 0. The first kappa shape index (κ1) is 26.0. The van der Waals surface area contributed by atoms with Gasteiger partial charge in [0.25, 0.3) is 0 Å². The number of hydrogen-bond acceptors (Lipinski definition) is 6. The second-order valence-corrected chi connectivity index (χ2v) is 11.1. The molecule has 0 bridgehead atoms. The Balaban J connectivity index is 0.000000308. The number of pyridine rings is 1. The van der Waals surface area contributed by atoms with Gasteiger partial charge in [-0.15, -0.1) is 0 Å². The summed E-state index contributed by atoms with van der Waals surface area (Å²) in [6.45, 7) is 8.09. The van der Waals surface area contributed by atoms with Crippen molar-refractivity contribution < 1.29 is 19.7 Å². The Hall–Kier alpha value is -2.06. The van der Waals surface area contributed by atoms with Crippen LogP contribution in [0.2, 0.25) is 0 Å². The number of anilines is 1. The largest absolute Gasteiger partial charge is 0.493 e. The number of hydrogen-bond donors (Lipinski definition) is 3. The van der Waals surface area contributed by atoms with Crippen molar-refractivity contribution in [2.75, 3.05) is 44.2 Å². The highest BCUT2D eigenvalue weighted by atomic mass is 16.5. The summed E-state index contributed by atoms with van der Waals surface area (Å²) in [6, 6.07) is 2.13. The van der Waals surface area contributed by atoms with Crippen molar-refractivity contribution in [1.29, 1.82) is 0 Å². The molecule has 4 aliphatic rings. The zero-order valence-electron chi connectivity index (χ0n) is 21.4. The summed E-state index contributed by atoms with van der Waals surface area (Å²) in [6.07, 6.45) is 13.2. The van der Waals surface area contributed by atoms with Gasteiger partial charge >= 0.3 is 6.09 Å². The monoisotopic (exact) mass is 488 g/mol. The highest BCUT2D eigenvalue weighted by Crippen LogP contribution is 2.33. The molecule has 1 saturated heterocycles. The van der Waals surface area contributed by atoms with E-state index in [9.17, 15) is 9.90 Å². The topological polar surface area (TPSA) is 98.2 Å². The maximum Gasteiger partial charge on any atom is 0.404 e. The van der Waals surface area contributed by atoms with Gasteiger partial charge in [0, 0.05) is 50.4 Å². The van der Waals surface area contributed by atoms with Gasteiger partial charge in [-0.2, -0.15) is 0 Å². The van der Waals surface area contributed by atoms with Crippen molar-refractivity contribution in [3.8, 4) is 5.75 Å². The number of carbonyl (C=O) groups is 1. The lowest BCUT2D eigenvalue weighted by molar-refractivity contribution is 0.0225. The molecular weight excluding hydrogens is 444 g/mol. The Morgan fingerprint density at radius 3 is 2.49 bits per heavy atom. The smallest absolute Gasteiger partial charge is 0.404 e.